The van der Waals surface area contributed by atoms with Crippen LogP contribution in [-0.4, -0.2) is 46.5 Å². The number of hydrogen-bond acceptors (Lipinski definition) is 5. The second-order valence-corrected chi connectivity index (χ2v) is 6.76. The van der Waals surface area contributed by atoms with Gasteiger partial charge in [-0.3, -0.25) is 20.4 Å². The monoisotopic (exact) mass is 410 g/mol. The number of nitrogens with one attached hydrogen (secondary N) is 3. The normalized spacial score (nSPS) is 14.9. The van der Waals surface area contributed by atoms with Crippen molar-refractivity contribution < 1.29 is 24.2 Å². The third-order valence-corrected chi connectivity index (χ3v) is 4.72. The van der Waals surface area contributed by atoms with Crippen LogP contribution in [0.1, 0.15) is 23.1 Å². The number of carbonyl (C=O) groups excluding carboxylic acids is 2. The number of carboxylic acid groups (broad SMARTS) is 1. The molecular formula is C21H22N4O5. The number of alkyl carbamates (subject to hydrolysis) is 1. The molecule has 0 bridgehead atoms. The Morgan fingerprint density at radius 1 is 1.07 bits per heavy atom. The Balaban J connectivity index is 1.44. The Morgan fingerprint density at radius 2 is 1.77 bits per heavy atom. The van der Waals surface area contributed by atoms with E-state index in [0.717, 1.165) is 16.0 Å². The lowest BCUT2D eigenvalue weighted by molar-refractivity contribution is -0.129. The maximum absolute atomic E-state index is 12.1. The summed E-state index contributed by atoms with van der Waals surface area (Å²) < 4.78 is 5.09. The molecule has 1 saturated heterocycles. The Morgan fingerprint density at radius 3 is 2.37 bits per heavy atom. The molecule has 0 spiro atoms. The highest BCUT2D eigenvalue weighted by Crippen LogP contribution is 2.17. The van der Waals surface area contributed by atoms with Crippen LogP contribution in [0.3, 0.4) is 0 Å². The minimum atomic E-state index is -1.10. The van der Waals surface area contributed by atoms with E-state index in [1.54, 1.807) is 24.3 Å². The maximum atomic E-state index is 12.1. The SMILES string of the molecule is N=C(NC(=O)OCc1ccccc1)c1ccc(CNC(=O)[C@@H]2CCN2C(=O)O)cc1. The first-order chi connectivity index (χ1) is 14.4. The fourth-order valence-electron chi connectivity index (χ4n) is 2.92. The highest BCUT2D eigenvalue weighted by molar-refractivity contribution is 6.04. The Hall–Kier alpha value is -3.88. The van der Waals surface area contributed by atoms with Gasteiger partial charge in [-0.2, -0.15) is 0 Å². The van der Waals surface area contributed by atoms with Crippen LogP contribution < -0.4 is 10.6 Å². The fraction of sp³-hybridized carbons (Fsp3) is 0.238. The van der Waals surface area contributed by atoms with E-state index in [0.29, 0.717) is 18.5 Å². The van der Waals surface area contributed by atoms with Crippen molar-refractivity contribution >= 4 is 23.9 Å². The minimum absolute atomic E-state index is 0.102. The first kappa shape index (κ1) is 20.8. The largest absolute Gasteiger partial charge is 0.465 e. The van der Waals surface area contributed by atoms with Crippen LogP contribution in [0.4, 0.5) is 9.59 Å². The van der Waals surface area contributed by atoms with Crippen molar-refractivity contribution in [2.24, 2.45) is 0 Å². The molecule has 9 heteroatoms. The number of hydrogen-bond donors (Lipinski definition) is 4. The lowest BCUT2D eigenvalue weighted by Gasteiger charge is -2.37. The Labute approximate surface area is 173 Å². The third kappa shape index (κ3) is 5.34. The number of rotatable bonds is 6. The van der Waals surface area contributed by atoms with Crippen molar-refractivity contribution in [2.45, 2.75) is 25.6 Å². The predicted octanol–water partition coefficient (Wildman–Crippen LogP) is 2.31. The van der Waals surface area contributed by atoms with E-state index in [1.165, 1.54) is 0 Å². The van der Waals surface area contributed by atoms with Gasteiger partial charge < -0.3 is 15.2 Å². The quantitative estimate of drug-likeness (QED) is 0.429. The number of benzene rings is 2. The summed E-state index contributed by atoms with van der Waals surface area (Å²) in [5.41, 5.74) is 2.12. The minimum Gasteiger partial charge on any atom is -0.465 e. The molecular weight excluding hydrogens is 388 g/mol. The van der Waals surface area contributed by atoms with Crippen molar-refractivity contribution in [3.63, 3.8) is 0 Å². The van der Waals surface area contributed by atoms with Gasteiger partial charge in [-0.15, -0.1) is 0 Å². The zero-order valence-corrected chi connectivity index (χ0v) is 16.1. The van der Waals surface area contributed by atoms with Gasteiger partial charge in [-0.25, -0.2) is 9.59 Å². The molecule has 0 unspecified atom stereocenters. The molecule has 156 valence electrons. The molecule has 2 aromatic carbocycles. The lowest BCUT2D eigenvalue weighted by atomic mass is 10.0. The van der Waals surface area contributed by atoms with Gasteiger partial charge in [0, 0.05) is 18.7 Å². The van der Waals surface area contributed by atoms with E-state index in [-0.39, 0.29) is 24.9 Å². The molecule has 9 nitrogen and oxygen atoms in total. The third-order valence-electron chi connectivity index (χ3n) is 4.72. The van der Waals surface area contributed by atoms with Crippen LogP contribution in [0.2, 0.25) is 0 Å². The number of amides is 3. The molecule has 0 aromatic heterocycles. The average molecular weight is 410 g/mol. The first-order valence-electron chi connectivity index (χ1n) is 9.37. The topological polar surface area (TPSA) is 132 Å². The van der Waals surface area contributed by atoms with Crippen LogP contribution in [0.15, 0.2) is 54.6 Å². The molecule has 0 aliphatic carbocycles. The van der Waals surface area contributed by atoms with Gasteiger partial charge >= 0.3 is 12.2 Å². The highest BCUT2D eigenvalue weighted by atomic mass is 16.5. The second kappa shape index (κ2) is 9.55. The number of nitrogens with zero attached hydrogens (tertiary/aromatic N) is 1. The Kier molecular flexibility index (Phi) is 6.63. The number of carbonyl (C=O) groups is 3. The molecule has 1 atom stereocenters. The van der Waals surface area contributed by atoms with Crippen LogP contribution >= 0.6 is 0 Å². The summed E-state index contributed by atoms with van der Waals surface area (Å²) in [6.07, 6.45) is -1.30. The zero-order valence-electron chi connectivity index (χ0n) is 16.1. The van der Waals surface area contributed by atoms with Crippen molar-refractivity contribution in [3.05, 3.63) is 71.3 Å². The molecule has 3 rings (SSSR count). The summed E-state index contributed by atoms with van der Waals surface area (Å²) in [5, 5.41) is 22.0. The molecule has 1 fully saturated rings. The standard InChI is InChI=1S/C21H22N4O5/c22-18(24-20(27)30-13-15-4-2-1-3-5-15)16-8-6-14(7-9-16)12-23-19(26)17-10-11-25(17)21(28)29/h1-9,17H,10-13H2,(H,23,26)(H,28,29)(H2,22,24,27)/t17-/m0/s1. The molecule has 1 heterocycles. The van der Waals surface area contributed by atoms with Gasteiger partial charge in [0.05, 0.1) is 0 Å². The average Bonchev–Trinajstić information content (AvgIpc) is 2.70. The number of likely N-dealkylation sites (tertiary alicyclic amines) is 1. The summed E-state index contributed by atoms with van der Waals surface area (Å²) in [4.78, 5) is 36.0. The molecule has 30 heavy (non-hydrogen) atoms. The smallest absolute Gasteiger partial charge is 0.413 e. The predicted molar refractivity (Wildman–Crippen MR) is 108 cm³/mol. The molecule has 0 saturated carbocycles. The van der Waals surface area contributed by atoms with Gasteiger partial charge in [0.2, 0.25) is 5.91 Å². The molecule has 0 radical (unpaired) electrons. The van der Waals surface area contributed by atoms with Crippen LogP contribution in [0.5, 0.6) is 0 Å². The van der Waals surface area contributed by atoms with E-state index < -0.39 is 18.2 Å². The summed E-state index contributed by atoms with van der Waals surface area (Å²) in [6.45, 7) is 0.715. The van der Waals surface area contributed by atoms with Crippen molar-refractivity contribution in [1.29, 1.82) is 5.41 Å². The van der Waals surface area contributed by atoms with Crippen molar-refractivity contribution in [3.8, 4) is 0 Å². The number of ether oxygens (including phenoxy) is 1. The van der Waals surface area contributed by atoms with E-state index in [2.05, 4.69) is 10.6 Å². The van der Waals surface area contributed by atoms with Crippen molar-refractivity contribution in [1.82, 2.24) is 15.5 Å². The molecule has 2 aromatic rings. The first-order valence-corrected chi connectivity index (χ1v) is 9.37. The van der Waals surface area contributed by atoms with E-state index in [4.69, 9.17) is 15.3 Å². The maximum Gasteiger partial charge on any atom is 0.413 e. The summed E-state index contributed by atoms with van der Waals surface area (Å²) >= 11 is 0. The van der Waals surface area contributed by atoms with E-state index in [9.17, 15) is 14.4 Å². The fourth-order valence-corrected chi connectivity index (χ4v) is 2.92. The lowest BCUT2D eigenvalue weighted by Crippen LogP contribution is -2.57. The van der Waals surface area contributed by atoms with Crippen LogP contribution in [0, 0.1) is 5.41 Å². The molecule has 4 N–H and O–H groups in total. The number of amidine groups is 1. The van der Waals surface area contributed by atoms with Gasteiger partial charge in [0.15, 0.2) is 0 Å². The summed E-state index contributed by atoms with van der Waals surface area (Å²) in [6, 6.07) is 15.3. The summed E-state index contributed by atoms with van der Waals surface area (Å²) in [5.74, 6) is -0.432. The Bertz CT molecular complexity index is 930. The van der Waals surface area contributed by atoms with Gasteiger partial charge in [0.25, 0.3) is 0 Å². The molecule has 3 amide bonds. The molecule has 1 aliphatic rings. The van der Waals surface area contributed by atoms with E-state index in [1.807, 2.05) is 30.3 Å². The summed E-state index contributed by atoms with van der Waals surface area (Å²) in [7, 11) is 0. The zero-order chi connectivity index (χ0) is 21.5. The second-order valence-electron chi connectivity index (χ2n) is 6.76. The van der Waals surface area contributed by atoms with Gasteiger partial charge in [-0.1, -0.05) is 54.6 Å². The van der Waals surface area contributed by atoms with Crippen LogP contribution in [-0.2, 0) is 22.7 Å². The van der Waals surface area contributed by atoms with Gasteiger partial charge in [-0.05, 0) is 17.5 Å². The van der Waals surface area contributed by atoms with Crippen LogP contribution in [0.25, 0.3) is 0 Å². The highest BCUT2D eigenvalue weighted by Gasteiger charge is 2.37. The van der Waals surface area contributed by atoms with Gasteiger partial charge in [0.1, 0.15) is 18.5 Å². The molecule has 1 aliphatic heterocycles. The van der Waals surface area contributed by atoms with E-state index >= 15 is 0 Å². The van der Waals surface area contributed by atoms with Crippen molar-refractivity contribution in [2.75, 3.05) is 6.54 Å².